The monoisotopic (exact) mass is 340 g/mol. The van der Waals surface area contributed by atoms with E-state index in [0.717, 1.165) is 25.7 Å². The first-order valence-corrected chi connectivity index (χ1v) is 10.0. The van der Waals surface area contributed by atoms with Crippen molar-refractivity contribution in [3.8, 4) is 0 Å². The average Bonchev–Trinajstić information content (AvgIpc) is 3.10. The minimum absolute atomic E-state index is 0.0125. The van der Waals surface area contributed by atoms with Gasteiger partial charge in [0.15, 0.2) is 5.78 Å². The molecule has 3 nitrogen and oxygen atoms in total. The molecular weight excluding hydrogens is 312 g/mol. The van der Waals surface area contributed by atoms with Crippen molar-refractivity contribution in [3.63, 3.8) is 0 Å². The van der Waals surface area contributed by atoms with Gasteiger partial charge in [-0.3, -0.25) is 9.59 Å². The van der Waals surface area contributed by atoms with Gasteiger partial charge in [-0.1, -0.05) is 25.5 Å². The number of carbonyl (C=O) groups is 2. The van der Waals surface area contributed by atoms with Gasteiger partial charge < -0.3 is 4.74 Å². The Morgan fingerprint density at radius 3 is 2.56 bits per heavy atom. The van der Waals surface area contributed by atoms with Gasteiger partial charge in [-0.05, 0) is 74.9 Å². The fraction of sp³-hybridized carbons (Fsp3) is 0.727. The van der Waals surface area contributed by atoms with E-state index >= 15 is 0 Å². The van der Waals surface area contributed by atoms with Crippen molar-refractivity contribution in [2.45, 2.75) is 70.8 Å². The molecule has 1 aliphatic heterocycles. The zero-order valence-electron chi connectivity index (χ0n) is 15.3. The largest absolute Gasteiger partial charge is 0.458 e. The summed E-state index contributed by atoms with van der Waals surface area (Å²) in [4.78, 5) is 23.7. The Kier molecular flexibility index (Phi) is 3.08. The van der Waals surface area contributed by atoms with Crippen molar-refractivity contribution < 1.29 is 14.3 Å². The summed E-state index contributed by atoms with van der Waals surface area (Å²) < 4.78 is 6.00. The highest BCUT2D eigenvalue weighted by Gasteiger charge is 2.66. The summed E-state index contributed by atoms with van der Waals surface area (Å²) in [7, 11) is 0. The average molecular weight is 340 g/mol. The van der Waals surface area contributed by atoms with Crippen LogP contribution >= 0.6 is 0 Å². The number of fused-ring (bicyclic) bond motifs is 6. The molecule has 4 fully saturated rings. The van der Waals surface area contributed by atoms with Gasteiger partial charge >= 0.3 is 5.97 Å². The number of esters is 1. The van der Waals surface area contributed by atoms with Gasteiger partial charge in [-0.15, -0.1) is 0 Å². The number of hydrogen-bond acceptors (Lipinski definition) is 3. The Bertz CT molecular complexity index is 719. The molecule has 0 aromatic rings. The van der Waals surface area contributed by atoms with E-state index < -0.39 is 0 Å². The fourth-order valence-electron chi connectivity index (χ4n) is 7.49. The topological polar surface area (TPSA) is 43.4 Å². The molecule has 5 aliphatic rings. The maximum atomic E-state index is 11.9. The molecule has 0 unspecified atom stereocenters. The Morgan fingerprint density at radius 2 is 1.80 bits per heavy atom. The van der Waals surface area contributed by atoms with Crippen LogP contribution in [-0.2, 0) is 14.3 Å². The Balaban J connectivity index is 1.50. The van der Waals surface area contributed by atoms with E-state index in [1.807, 2.05) is 6.08 Å². The van der Waals surface area contributed by atoms with Crippen LogP contribution in [0.2, 0.25) is 0 Å². The predicted molar refractivity (Wildman–Crippen MR) is 94.7 cm³/mol. The van der Waals surface area contributed by atoms with Gasteiger partial charge in [0.1, 0.15) is 5.60 Å². The summed E-state index contributed by atoms with van der Waals surface area (Å²) in [6.07, 6.45) is 14.2. The Labute approximate surface area is 149 Å². The van der Waals surface area contributed by atoms with Crippen LogP contribution in [0.5, 0.6) is 0 Å². The highest BCUT2D eigenvalue weighted by molar-refractivity contribution is 6.01. The molecule has 1 saturated heterocycles. The van der Waals surface area contributed by atoms with E-state index in [0.29, 0.717) is 24.2 Å². The van der Waals surface area contributed by atoms with E-state index in [2.05, 4.69) is 19.9 Å². The van der Waals surface area contributed by atoms with Crippen molar-refractivity contribution in [3.05, 3.63) is 23.8 Å². The van der Waals surface area contributed by atoms with Gasteiger partial charge in [-0.2, -0.15) is 0 Å². The highest BCUT2D eigenvalue weighted by atomic mass is 16.6. The quantitative estimate of drug-likeness (QED) is 0.615. The molecule has 5 rings (SSSR count). The normalized spacial score (nSPS) is 51.0. The van der Waals surface area contributed by atoms with E-state index in [1.54, 1.807) is 6.08 Å². The number of rotatable bonds is 0. The lowest BCUT2D eigenvalue weighted by atomic mass is 9.47. The minimum Gasteiger partial charge on any atom is -0.458 e. The zero-order chi connectivity index (χ0) is 17.4. The molecule has 1 heterocycles. The second kappa shape index (κ2) is 4.86. The first-order valence-electron chi connectivity index (χ1n) is 10.0. The molecule has 1 spiro atoms. The Morgan fingerprint density at radius 1 is 1.00 bits per heavy atom. The van der Waals surface area contributed by atoms with Gasteiger partial charge in [0.05, 0.1) is 0 Å². The lowest BCUT2D eigenvalue weighted by molar-refractivity contribution is -0.167. The van der Waals surface area contributed by atoms with Crippen LogP contribution in [0.1, 0.15) is 65.2 Å². The first-order chi connectivity index (χ1) is 11.9. The zero-order valence-corrected chi connectivity index (χ0v) is 15.3. The summed E-state index contributed by atoms with van der Waals surface area (Å²) in [5.41, 5.74) is 1.37. The molecule has 3 saturated carbocycles. The number of ether oxygens (including phenoxy) is 1. The van der Waals surface area contributed by atoms with Crippen LogP contribution in [0, 0.1) is 28.6 Å². The fourth-order valence-corrected chi connectivity index (χ4v) is 7.49. The van der Waals surface area contributed by atoms with Crippen LogP contribution in [0.15, 0.2) is 23.8 Å². The van der Waals surface area contributed by atoms with Crippen molar-refractivity contribution in [1.29, 1.82) is 0 Å². The van der Waals surface area contributed by atoms with E-state index in [4.69, 9.17) is 4.74 Å². The number of carbonyl (C=O) groups excluding carboxylic acids is 2. The molecule has 0 N–H and O–H groups in total. The number of allylic oxidation sites excluding steroid dienone is 4. The maximum absolute atomic E-state index is 11.9. The smallest absolute Gasteiger partial charge is 0.306 e. The first kappa shape index (κ1) is 15.8. The molecule has 4 aliphatic carbocycles. The molecular formula is C22H28O3. The van der Waals surface area contributed by atoms with Crippen LogP contribution in [0.25, 0.3) is 0 Å². The minimum atomic E-state index is -0.185. The van der Waals surface area contributed by atoms with Gasteiger partial charge in [0.25, 0.3) is 0 Å². The second-order valence-corrected chi connectivity index (χ2v) is 9.57. The summed E-state index contributed by atoms with van der Waals surface area (Å²) in [6, 6.07) is 0. The summed E-state index contributed by atoms with van der Waals surface area (Å²) >= 11 is 0. The third-order valence-electron chi connectivity index (χ3n) is 8.89. The van der Waals surface area contributed by atoms with E-state index in [-0.39, 0.29) is 28.2 Å². The van der Waals surface area contributed by atoms with Gasteiger partial charge in [0.2, 0.25) is 0 Å². The van der Waals surface area contributed by atoms with Crippen LogP contribution in [0.3, 0.4) is 0 Å². The molecule has 0 radical (unpaired) electrons. The SMILES string of the molecule is C[C@]12C=CC(=O)C=C1CC[C@@H]1[C@@H]2CC[C@@]2(C)[C@H]1CC[C@]21CCC(=O)O1. The van der Waals surface area contributed by atoms with Crippen molar-refractivity contribution >= 4 is 11.8 Å². The maximum Gasteiger partial charge on any atom is 0.306 e. The van der Waals surface area contributed by atoms with Crippen LogP contribution < -0.4 is 0 Å². The van der Waals surface area contributed by atoms with E-state index in [1.165, 1.54) is 24.8 Å². The molecule has 0 aromatic carbocycles. The molecule has 25 heavy (non-hydrogen) atoms. The van der Waals surface area contributed by atoms with E-state index in [9.17, 15) is 9.59 Å². The third kappa shape index (κ3) is 1.88. The third-order valence-corrected chi connectivity index (χ3v) is 8.89. The summed E-state index contributed by atoms with van der Waals surface area (Å²) in [5, 5.41) is 0. The van der Waals surface area contributed by atoms with Gasteiger partial charge in [0, 0.05) is 17.3 Å². The predicted octanol–water partition coefficient (Wildman–Crippen LogP) is 4.37. The standard InChI is InChI=1S/C22H28O3/c1-20-9-5-15(23)13-14(20)3-4-16-17(20)6-10-21(2)18(16)7-11-22(21)12-8-19(24)25-22/h5,9,13,16-18H,3-4,6-8,10-12H2,1-2H3/t16-,17+,18+,20+,21+,22+/m1/s1. The summed E-state index contributed by atoms with van der Waals surface area (Å²) in [5.74, 6) is 2.14. The van der Waals surface area contributed by atoms with Gasteiger partial charge in [-0.25, -0.2) is 0 Å². The number of hydrogen-bond donors (Lipinski definition) is 0. The molecule has 6 atom stereocenters. The lowest BCUT2D eigenvalue weighted by Gasteiger charge is -2.58. The Hall–Kier alpha value is -1.38. The molecule has 0 aromatic heterocycles. The molecule has 0 amide bonds. The lowest BCUT2D eigenvalue weighted by Crippen LogP contribution is -2.54. The van der Waals surface area contributed by atoms with Crippen LogP contribution in [-0.4, -0.2) is 17.4 Å². The van der Waals surface area contributed by atoms with Crippen molar-refractivity contribution in [2.75, 3.05) is 0 Å². The highest BCUT2D eigenvalue weighted by Crippen LogP contribution is 2.69. The number of ketones is 1. The second-order valence-electron chi connectivity index (χ2n) is 9.57. The summed E-state index contributed by atoms with van der Waals surface area (Å²) in [6.45, 7) is 4.76. The van der Waals surface area contributed by atoms with Crippen LogP contribution in [0.4, 0.5) is 0 Å². The molecule has 0 bridgehead atoms. The molecule has 134 valence electrons. The van der Waals surface area contributed by atoms with Crippen molar-refractivity contribution in [2.24, 2.45) is 28.6 Å². The van der Waals surface area contributed by atoms with Crippen molar-refractivity contribution in [1.82, 2.24) is 0 Å². The molecule has 3 heteroatoms.